The Morgan fingerprint density at radius 3 is 2.65 bits per heavy atom. The largest absolute Gasteiger partial charge is 0.354 e. The summed E-state index contributed by atoms with van der Waals surface area (Å²) >= 11 is 12.1. The third-order valence-corrected chi connectivity index (χ3v) is 4.48. The topological polar surface area (TPSA) is 53.9 Å². The molecule has 1 heterocycles. The minimum atomic E-state index is 0.493. The van der Waals surface area contributed by atoms with Gasteiger partial charge in [-0.25, -0.2) is 0 Å². The fraction of sp³-hybridized carbons (Fsp3) is 0.211. The van der Waals surface area contributed by atoms with Crippen molar-refractivity contribution < 1.29 is 0 Å². The van der Waals surface area contributed by atoms with Crippen LogP contribution in [0.25, 0.3) is 0 Å². The molecule has 5 nitrogen and oxygen atoms in total. The summed E-state index contributed by atoms with van der Waals surface area (Å²) in [6.45, 7) is 1.40. The van der Waals surface area contributed by atoms with Crippen LogP contribution in [0.3, 0.4) is 0 Å². The summed E-state index contributed by atoms with van der Waals surface area (Å²) in [4.78, 5) is 6.56. The van der Waals surface area contributed by atoms with Crippen molar-refractivity contribution in [3.05, 3.63) is 75.9 Å². The van der Waals surface area contributed by atoms with E-state index < -0.39 is 0 Å². The lowest BCUT2D eigenvalue weighted by Gasteiger charge is -2.18. The summed E-state index contributed by atoms with van der Waals surface area (Å²) in [5.41, 5.74) is 2.23. The number of anilines is 2. The van der Waals surface area contributed by atoms with Crippen molar-refractivity contribution in [3.8, 4) is 0 Å². The van der Waals surface area contributed by atoms with E-state index in [2.05, 4.69) is 32.6 Å². The van der Waals surface area contributed by atoms with Gasteiger partial charge in [-0.2, -0.15) is 10.1 Å². The highest BCUT2D eigenvalue weighted by Gasteiger charge is 2.07. The molecule has 0 aliphatic rings. The molecule has 0 amide bonds. The minimum Gasteiger partial charge on any atom is -0.354 e. The van der Waals surface area contributed by atoms with Crippen LogP contribution in [-0.2, 0) is 13.0 Å². The third kappa shape index (κ3) is 5.07. The molecule has 0 unspecified atom stereocenters. The summed E-state index contributed by atoms with van der Waals surface area (Å²) in [5, 5.41) is 12.6. The van der Waals surface area contributed by atoms with E-state index in [4.69, 9.17) is 23.2 Å². The van der Waals surface area contributed by atoms with Crippen LogP contribution in [0.5, 0.6) is 0 Å². The van der Waals surface area contributed by atoms with E-state index in [0.717, 1.165) is 24.3 Å². The Hall–Kier alpha value is -2.37. The molecule has 26 heavy (non-hydrogen) atoms. The van der Waals surface area contributed by atoms with Gasteiger partial charge in [-0.15, -0.1) is 5.10 Å². The smallest absolute Gasteiger partial charge is 0.244 e. The normalized spacial score (nSPS) is 10.6. The second-order valence-corrected chi connectivity index (χ2v) is 6.74. The fourth-order valence-corrected chi connectivity index (χ4v) is 3.03. The standard InChI is InChI=1S/C19H19Cl2N5/c1-26(13-14-5-3-2-4-6-14)18-12-23-25-19(24-18)22-10-9-15-7-8-16(20)11-17(15)21/h2-8,11-12H,9-10,13H2,1H3,(H,22,24,25). The maximum atomic E-state index is 6.19. The van der Waals surface area contributed by atoms with Crippen LogP contribution in [0.4, 0.5) is 11.8 Å². The molecular weight excluding hydrogens is 369 g/mol. The Balaban J connectivity index is 1.58. The molecule has 0 fully saturated rings. The van der Waals surface area contributed by atoms with E-state index in [-0.39, 0.29) is 0 Å². The number of benzene rings is 2. The quantitative estimate of drug-likeness (QED) is 0.647. The maximum Gasteiger partial charge on any atom is 0.244 e. The first-order valence-corrected chi connectivity index (χ1v) is 9.00. The number of hydrogen-bond donors (Lipinski definition) is 1. The van der Waals surface area contributed by atoms with Crippen LogP contribution in [-0.4, -0.2) is 28.8 Å². The van der Waals surface area contributed by atoms with E-state index >= 15 is 0 Å². The Bertz CT molecular complexity index is 858. The van der Waals surface area contributed by atoms with Gasteiger partial charge in [0.15, 0.2) is 5.82 Å². The lowest BCUT2D eigenvalue weighted by molar-refractivity contribution is 0.856. The zero-order valence-electron chi connectivity index (χ0n) is 14.4. The Morgan fingerprint density at radius 1 is 1.08 bits per heavy atom. The molecule has 1 N–H and O–H groups in total. The van der Waals surface area contributed by atoms with Crippen molar-refractivity contribution in [2.24, 2.45) is 0 Å². The van der Waals surface area contributed by atoms with Gasteiger partial charge >= 0.3 is 0 Å². The van der Waals surface area contributed by atoms with E-state index in [1.54, 1.807) is 12.3 Å². The predicted molar refractivity (Wildman–Crippen MR) is 107 cm³/mol. The summed E-state index contributed by atoms with van der Waals surface area (Å²) in [6.07, 6.45) is 2.40. The number of nitrogens with zero attached hydrogens (tertiary/aromatic N) is 4. The van der Waals surface area contributed by atoms with Gasteiger partial charge in [0.25, 0.3) is 0 Å². The summed E-state index contributed by atoms with van der Waals surface area (Å²) < 4.78 is 0. The lowest BCUT2D eigenvalue weighted by atomic mass is 10.1. The Morgan fingerprint density at radius 2 is 1.88 bits per heavy atom. The second kappa shape index (κ2) is 8.83. The van der Waals surface area contributed by atoms with Crippen LogP contribution < -0.4 is 10.2 Å². The third-order valence-electron chi connectivity index (χ3n) is 3.89. The zero-order valence-corrected chi connectivity index (χ0v) is 15.9. The van der Waals surface area contributed by atoms with Crippen molar-refractivity contribution >= 4 is 35.0 Å². The van der Waals surface area contributed by atoms with Crippen LogP contribution in [0.1, 0.15) is 11.1 Å². The average molecular weight is 388 g/mol. The molecule has 0 aliphatic carbocycles. The molecular formula is C19H19Cl2N5. The number of hydrogen-bond acceptors (Lipinski definition) is 5. The van der Waals surface area contributed by atoms with Crippen LogP contribution in [0.15, 0.2) is 54.7 Å². The summed E-state index contributed by atoms with van der Waals surface area (Å²) in [6, 6.07) is 15.7. The van der Waals surface area contributed by atoms with E-state index in [1.165, 1.54) is 5.56 Å². The van der Waals surface area contributed by atoms with Gasteiger partial charge in [-0.3, -0.25) is 0 Å². The SMILES string of the molecule is CN(Cc1ccccc1)c1cnnc(NCCc2ccc(Cl)cc2Cl)n1. The van der Waals surface area contributed by atoms with Crippen molar-refractivity contribution in [1.29, 1.82) is 0 Å². The highest BCUT2D eigenvalue weighted by molar-refractivity contribution is 6.35. The maximum absolute atomic E-state index is 6.19. The first kappa shape index (κ1) is 18.4. The molecule has 0 spiro atoms. The van der Waals surface area contributed by atoms with Gasteiger partial charge < -0.3 is 10.2 Å². The van der Waals surface area contributed by atoms with Gasteiger partial charge in [0.05, 0.1) is 6.20 Å². The monoisotopic (exact) mass is 387 g/mol. The summed E-state index contributed by atoms with van der Waals surface area (Å²) in [5.74, 6) is 1.25. The van der Waals surface area contributed by atoms with Gasteiger partial charge in [-0.05, 0) is 29.7 Å². The van der Waals surface area contributed by atoms with E-state index in [1.807, 2.05) is 42.3 Å². The number of aromatic nitrogens is 3. The number of rotatable bonds is 7. The van der Waals surface area contributed by atoms with Crippen LogP contribution in [0, 0.1) is 0 Å². The first-order chi connectivity index (χ1) is 12.6. The molecule has 0 bridgehead atoms. The lowest BCUT2D eigenvalue weighted by Crippen LogP contribution is -2.19. The van der Waals surface area contributed by atoms with E-state index in [0.29, 0.717) is 22.5 Å². The molecule has 2 aromatic carbocycles. The van der Waals surface area contributed by atoms with Gasteiger partial charge in [0.1, 0.15) is 0 Å². The first-order valence-electron chi connectivity index (χ1n) is 8.24. The van der Waals surface area contributed by atoms with Gasteiger partial charge in [0.2, 0.25) is 5.95 Å². The molecule has 0 radical (unpaired) electrons. The van der Waals surface area contributed by atoms with E-state index in [9.17, 15) is 0 Å². The molecule has 7 heteroatoms. The Kier molecular flexibility index (Phi) is 6.26. The highest BCUT2D eigenvalue weighted by atomic mass is 35.5. The summed E-state index contributed by atoms with van der Waals surface area (Å²) in [7, 11) is 1.98. The molecule has 1 aromatic heterocycles. The van der Waals surface area contributed by atoms with Crippen LogP contribution in [0.2, 0.25) is 10.0 Å². The zero-order chi connectivity index (χ0) is 18.4. The molecule has 134 valence electrons. The number of halogens is 2. The van der Waals surface area contributed by atoms with Crippen molar-refractivity contribution in [1.82, 2.24) is 15.2 Å². The molecule has 0 aliphatic heterocycles. The molecule has 3 rings (SSSR count). The second-order valence-electron chi connectivity index (χ2n) is 5.89. The highest BCUT2D eigenvalue weighted by Crippen LogP contribution is 2.21. The fourth-order valence-electron chi connectivity index (χ4n) is 2.53. The molecule has 3 aromatic rings. The average Bonchev–Trinajstić information content (AvgIpc) is 2.64. The molecule has 0 saturated heterocycles. The van der Waals surface area contributed by atoms with Crippen molar-refractivity contribution in [3.63, 3.8) is 0 Å². The minimum absolute atomic E-state index is 0.493. The van der Waals surface area contributed by atoms with Gasteiger partial charge in [-0.1, -0.05) is 59.6 Å². The van der Waals surface area contributed by atoms with Crippen molar-refractivity contribution in [2.45, 2.75) is 13.0 Å². The van der Waals surface area contributed by atoms with Gasteiger partial charge in [0, 0.05) is 30.2 Å². The molecule has 0 saturated carbocycles. The van der Waals surface area contributed by atoms with Crippen molar-refractivity contribution in [2.75, 3.05) is 23.8 Å². The number of nitrogens with one attached hydrogen (secondary N) is 1. The predicted octanol–water partition coefficient (Wildman–Crippen LogP) is 4.47. The van der Waals surface area contributed by atoms with Crippen LogP contribution >= 0.6 is 23.2 Å². The molecule has 0 atom stereocenters. The Labute approximate surface area is 163 Å².